The zero-order chi connectivity index (χ0) is 14.5. The van der Waals surface area contributed by atoms with Gasteiger partial charge in [-0.05, 0) is 23.6 Å². The number of nitrogens with one attached hydrogen (secondary N) is 1. The SMILES string of the molecule is CC(C)Cc1nnc(NC(=O)c2ccc(CN)cc2)s1. The fourth-order valence-electron chi connectivity index (χ4n) is 1.70. The molecule has 20 heavy (non-hydrogen) atoms. The number of anilines is 1. The van der Waals surface area contributed by atoms with Gasteiger partial charge in [-0.15, -0.1) is 10.2 Å². The summed E-state index contributed by atoms with van der Waals surface area (Å²) in [4.78, 5) is 12.0. The van der Waals surface area contributed by atoms with Crippen molar-refractivity contribution in [1.29, 1.82) is 0 Å². The van der Waals surface area contributed by atoms with Gasteiger partial charge in [0, 0.05) is 18.5 Å². The van der Waals surface area contributed by atoms with Gasteiger partial charge in [0.1, 0.15) is 5.01 Å². The normalized spacial score (nSPS) is 10.8. The van der Waals surface area contributed by atoms with Crippen molar-refractivity contribution in [3.8, 4) is 0 Å². The van der Waals surface area contributed by atoms with Crippen LogP contribution in [0.1, 0.15) is 34.8 Å². The van der Waals surface area contributed by atoms with Crippen molar-refractivity contribution in [3.63, 3.8) is 0 Å². The average Bonchev–Trinajstić information content (AvgIpc) is 2.85. The molecule has 0 radical (unpaired) electrons. The van der Waals surface area contributed by atoms with Crippen molar-refractivity contribution in [2.24, 2.45) is 11.7 Å². The minimum atomic E-state index is -0.180. The third kappa shape index (κ3) is 3.85. The molecule has 0 unspecified atom stereocenters. The smallest absolute Gasteiger partial charge is 0.257 e. The standard InChI is InChI=1S/C14H18N4OS/c1-9(2)7-12-17-18-14(20-12)16-13(19)11-5-3-10(8-15)4-6-11/h3-6,9H,7-8,15H2,1-2H3,(H,16,18,19). The number of aromatic nitrogens is 2. The summed E-state index contributed by atoms with van der Waals surface area (Å²) in [6, 6.07) is 7.21. The number of hydrogen-bond acceptors (Lipinski definition) is 5. The Morgan fingerprint density at radius 3 is 2.60 bits per heavy atom. The van der Waals surface area contributed by atoms with Gasteiger partial charge in [0.05, 0.1) is 0 Å². The van der Waals surface area contributed by atoms with Gasteiger partial charge < -0.3 is 5.73 Å². The fraction of sp³-hybridized carbons (Fsp3) is 0.357. The summed E-state index contributed by atoms with van der Waals surface area (Å²) in [5, 5.41) is 12.3. The highest BCUT2D eigenvalue weighted by molar-refractivity contribution is 7.15. The molecular formula is C14H18N4OS. The Morgan fingerprint density at radius 2 is 2.00 bits per heavy atom. The van der Waals surface area contributed by atoms with Crippen LogP contribution in [0.3, 0.4) is 0 Å². The first-order chi connectivity index (χ1) is 9.58. The number of hydrogen-bond donors (Lipinski definition) is 2. The van der Waals surface area contributed by atoms with Crippen LogP contribution in [0.25, 0.3) is 0 Å². The van der Waals surface area contributed by atoms with Crippen LogP contribution in [0.4, 0.5) is 5.13 Å². The molecule has 0 bridgehead atoms. The summed E-state index contributed by atoms with van der Waals surface area (Å²) < 4.78 is 0. The van der Waals surface area contributed by atoms with E-state index < -0.39 is 0 Å². The van der Waals surface area contributed by atoms with Gasteiger partial charge in [0.2, 0.25) is 5.13 Å². The van der Waals surface area contributed by atoms with Gasteiger partial charge in [0.15, 0.2) is 0 Å². The quantitative estimate of drug-likeness (QED) is 0.886. The zero-order valence-corrected chi connectivity index (χ0v) is 12.4. The molecule has 1 amide bonds. The second-order valence-electron chi connectivity index (χ2n) is 4.95. The third-order valence-corrected chi connectivity index (χ3v) is 3.58. The first-order valence-corrected chi connectivity index (χ1v) is 7.33. The molecule has 2 aromatic rings. The summed E-state index contributed by atoms with van der Waals surface area (Å²) in [6.45, 7) is 4.72. The molecule has 0 atom stereocenters. The summed E-state index contributed by atoms with van der Waals surface area (Å²) in [6.07, 6.45) is 0.874. The molecular weight excluding hydrogens is 272 g/mol. The number of carbonyl (C=O) groups is 1. The van der Waals surface area contributed by atoms with E-state index in [9.17, 15) is 4.79 Å². The fourth-order valence-corrected chi connectivity index (χ4v) is 2.64. The molecule has 1 aromatic carbocycles. The molecule has 0 saturated heterocycles. The highest BCUT2D eigenvalue weighted by Crippen LogP contribution is 2.19. The van der Waals surface area contributed by atoms with Gasteiger partial charge in [0.25, 0.3) is 5.91 Å². The number of nitrogens with zero attached hydrogens (tertiary/aromatic N) is 2. The molecule has 1 heterocycles. The minimum Gasteiger partial charge on any atom is -0.326 e. The molecule has 0 spiro atoms. The molecule has 0 aliphatic carbocycles. The van der Waals surface area contributed by atoms with Crippen LogP contribution in [0.15, 0.2) is 24.3 Å². The topological polar surface area (TPSA) is 80.9 Å². The van der Waals surface area contributed by atoms with E-state index in [2.05, 4.69) is 29.4 Å². The molecule has 0 fully saturated rings. The lowest BCUT2D eigenvalue weighted by molar-refractivity contribution is 0.102. The van der Waals surface area contributed by atoms with Crippen LogP contribution in [-0.4, -0.2) is 16.1 Å². The van der Waals surface area contributed by atoms with Crippen LogP contribution in [0, 0.1) is 5.92 Å². The van der Waals surface area contributed by atoms with E-state index in [0.29, 0.717) is 23.2 Å². The van der Waals surface area contributed by atoms with Gasteiger partial charge >= 0.3 is 0 Å². The second-order valence-corrected chi connectivity index (χ2v) is 6.02. The second kappa shape index (κ2) is 6.58. The highest BCUT2D eigenvalue weighted by Gasteiger charge is 2.10. The number of rotatable bonds is 5. The Bertz CT molecular complexity index is 577. The molecule has 0 aliphatic rings. The predicted octanol–water partition coefficient (Wildman–Crippen LogP) is 2.45. The van der Waals surface area contributed by atoms with Crippen molar-refractivity contribution in [3.05, 3.63) is 40.4 Å². The van der Waals surface area contributed by atoms with Crippen molar-refractivity contribution in [2.45, 2.75) is 26.8 Å². The van der Waals surface area contributed by atoms with E-state index in [1.54, 1.807) is 12.1 Å². The van der Waals surface area contributed by atoms with Crippen molar-refractivity contribution in [2.75, 3.05) is 5.32 Å². The number of carbonyl (C=O) groups excluding carboxylic acids is 1. The summed E-state index contributed by atoms with van der Waals surface area (Å²) in [5.74, 6) is 0.344. The van der Waals surface area contributed by atoms with Crippen molar-refractivity contribution >= 4 is 22.4 Å². The third-order valence-electron chi connectivity index (χ3n) is 2.72. The van der Waals surface area contributed by atoms with Crippen LogP contribution >= 0.6 is 11.3 Å². The maximum atomic E-state index is 12.0. The lowest BCUT2D eigenvalue weighted by Crippen LogP contribution is -2.11. The summed E-state index contributed by atoms with van der Waals surface area (Å²) in [5.41, 5.74) is 7.11. The Kier molecular flexibility index (Phi) is 4.81. The average molecular weight is 290 g/mol. The highest BCUT2D eigenvalue weighted by atomic mass is 32.1. The molecule has 2 rings (SSSR count). The molecule has 3 N–H and O–H groups in total. The molecule has 106 valence electrons. The largest absolute Gasteiger partial charge is 0.326 e. The van der Waals surface area contributed by atoms with E-state index in [1.165, 1.54) is 11.3 Å². The first-order valence-electron chi connectivity index (χ1n) is 6.51. The Morgan fingerprint density at radius 1 is 1.30 bits per heavy atom. The number of benzene rings is 1. The van der Waals surface area contributed by atoms with E-state index in [0.717, 1.165) is 17.0 Å². The maximum absolute atomic E-state index is 12.0. The summed E-state index contributed by atoms with van der Waals surface area (Å²) >= 11 is 1.42. The Labute approximate surface area is 122 Å². The van der Waals surface area contributed by atoms with Crippen molar-refractivity contribution in [1.82, 2.24) is 10.2 Å². The molecule has 1 aromatic heterocycles. The van der Waals surface area contributed by atoms with Gasteiger partial charge in [-0.1, -0.05) is 37.3 Å². The first kappa shape index (κ1) is 14.6. The zero-order valence-electron chi connectivity index (χ0n) is 11.6. The maximum Gasteiger partial charge on any atom is 0.257 e. The Hall–Kier alpha value is -1.79. The predicted molar refractivity (Wildman–Crippen MR) is 80.7 cm³/mol. The van der Waals surface area contributed by atoms with Crippen LogP contribution in [0.5, 0.6) is 0 Å². The van der Waals surface area contributed by atoms with Crippen molar-refractivity contribution < 1.29 is 4.79 Å². The Balaban J connectivity index is 2.01. The number of amides is 1. The van der Waals surface area contributed by atoms with E-state index in [1.807, 2.05) is 12.1 Å². The van der Waals surface area contributed by atoms with Gasteiger partial charge in [-0.25, -0.2) is 0 Å². The van der Waals surface area contributed by atoms with Crippen LogP contribution < -0.4 is 11.1 Å². The van der Waals surface area contributed by atoms with Crippen LogP contribution in [-0.2, 0) is 13.0 Å². The van der Waals surface area contributed by atoms with E-state index in [4.69, 9.17) is 5.73 Å². The number of nitrogens with two attached hydrogens (primary N) is 1. The lowest BCUT2D eigenvalue weighted by atomic mass is 10.1. The van der Waals surface area contributed by atoms with Gasteiger partial charge in [-0.2, -0.15) is 0 Å². The summed E-state index contributed by atoms with van der Waals surface area (Å²) in [7, 11) is 0. The monoisotopic (exact) mass is 290 g/mol. The van der Waals surface area contributed by atoms with E-state index >= 15 is 0 Å². The lowest BCUT2D eigenvalue weighted by Gasteiger charge is -2.02. The van der Waals surface area contributed by atoms with Gasteiger partial charge in [-0.3, -0.25) is 10.1 Å². The minimum absolute atomic E-state index is 0.180. The molecule has 6 heteroatoms. The van der Waals surface area contributed by atoms with E-state index in [-0.39, 0.29) is 5.91 Å². The molecule has 0 aliphatic heterocycles. The van der Waals surface area contributed by atoms with Crippen LogP contribution in [0.2, 0.25) is 0 Å². The molecule has 0 saturated carbocycles. The molecule has 5 nitrogen and oxygen atoms in total.